The summed E-state index contributed by atoms with van der Waals surface area (Å²) in [6.07, 6.45) is -1.14. The summed E-state index contributed by atoms with van der Waals surface area (Å²) in [5, 5.41) is 0. The molecule has 0 aliphatic heterocycles. The highest BCUT2D eigenvalue weighted by atomic mass is 32.3. The summed E-state index contributed by atoms with van der Waals surface area (Å²) in [6.45, 7) is 2.90. The van der Waals surface area contributed by atoms with Crippen LogP contribution in [0.1, 0.15) is 0 Å². The lowest BCUT2D eigenvalue weighted by Gasteiger charge is -2.13. The lowest BCUT2D eigenvalue weighted by atomic mass is 11.0. The predicted octanol–water partition coefficient (Wildman–Crippen LogP) is 0.904. The molecule has 1 atom stereocenters. The van der Waals surface area contributed by atoms with Crippen molar-refractivity contribution in [3.05, 3.63) is 12.8 Å². The zero-order valence-electron chi connectivity index (χ0n) is 8.62. The van der Waals surface area contributed by atoms with Crippen molar-refractivity contribution >= 4 is 26.3 Å². The maximum atomic E-state index is 11.9. The molecule has 0 spiro atoms. The van der Waals surface area contributed by atoms with E-state index in [1.54, 1.807) is 3.77 Å². The van der Waals surface area contributed by atoms with E-state index in [4.69, 9.17) is 4.55 Å². The number of hydrogen-bond acceptors (Lipinski definition) is 5. The molecular weight excluding hydrogens is 305 g/mol. The molecule has 0 aliphatic rings. The van der Waals surface area contributed by atoms with Crippen LogP contribution in [-0.2, 0) is 25.0 Å². The topological polar surface area (TPSA) is 113 Å². The van der Waals surface area contributed by atoms with Crippen LogP contribution in [0.2, 0.25) is 0 Å². The first-order valence-electron chi connectivity index (χ1n) is 3.72. The molecule has 0 bridgehead atoms. The standard InChI is InChI=1S/C5H7F3N2O6S2/c1-3-16-4(11)10(2)18(14,15)9-17(12,13)5(6,7)8/h3H,1H2,2H3,(H,9,12,13). The highest BCUT2D eigenvalue weighted by Crippen LogP contribution is 2.25. The van der Waals surface area contributed by atoms with E-state index in [1.165, 1.54) is 0 Å². The van der Waals surface area contributed by atoms with Crippen LogP contribution in [0.25, 0.3) is 0 Å². The third-order valence-electron chi connectivity index (χ3n) is 1.28. The number of rotatable bonds is 3. The second kappa shape index (κ2) is 5.11. The Kier molecular flexibility index (Phi) is 4.73. The van der Waals surface area contributed by atoms with Crippen molar-refractivity contribution in [2.45, 2.75) is 5.51 Å². The molecule has 0 fully saturated rings. The van der Waals surface area contributed by atoms with Gasteiger partial charge in [-0.05, 0) is 0 Å². The predicted molar refractivity (Wildman–Crippen MR) is 52.6 cm³/mol. The summed E-state index contributed by atoms with van der Waals surface area (Å²) in [5.74, 6) is 0. The van der Waals surface area contributed by atoms with Crippen molar-refractivity contribution < 1.29 is 39.9 Å². The van der Waals surface area contributed by atoms with Gasteiger partial charge in [-0.1, -0.05) is 10.3 Å². The first-order chi connectivity index (χ1) is 7.85. The smallest absolute Gasteiger partial charge is 0.418 e. The molecule has 0 heterocycles. The number of ether oxygens (including phenoxy) is 1. The lowest BCUT2D eigenvalue weighted by Crippen LogP contribution is -2.33. The molecule has 0 rings (SSSR count). The van der Waals surface area contributed by atoms with Crippen molar-refractivity contribution in [1.82, 2.24) is 4.31 Å². The Morgan fingerprint density at radius 2 is 1.89 bits per heavy atom. The molecule has 18 heavy (non-hydrogen) atoms. The van der Waals surface area contributed by atoms with Gasteiger partial charge in [0.15, 0.2) is 0 Å². The molecular formula is C5H7F3N2O6S2. The quantitative estimate of drug-likeness (QED) is 0.775. The van der Waals surface area contributed by atoms with Gasteiger partial charge in [0.25, 0.3) is 10.0 Å². The van der Waals surface area contributed by atoms with Gasteiger partial charge in [0.2, 0.25) is 0 Å². The number of amides is 1. The monoisotopic (exact) mass is 312 g/mol. The molecule has 1 amide bonds. The first kappa shape index (κ1) is 16.7. The van der Waals surface area contributed by atoms with Gasteiger partial charge in [0, 0.05) is 7.05 Å². The van der Waals surface area contributed by atoms with Gasteiger partial charge in [0.1, 0.15) is 0 Å². The zero-order valence-corrected chi connectivity index (χ0v) is 10.3. The number of hydrogen-bond donors (Lipinski definition) is 1. The van der Waals surface area contributed by atoms with Gasteiger partial charge in [-0.2, -0.15) is 25.9 Å². The van der Waals surface area contributed by atoms with Gasteiger partial charge in [-0.3, -0.25) is 4.55 Å². The van der Waals surface area contributed by atoms with Crippen molar-refractivity contribution in [3.63, 3.8) is 0 Å². The van der Waals surface area contributed by atoms with Crippen molar-refractivity contribution in [2.75, 3.05) is 7.05 Å². The second-order valence-electron chi connectivity index (χ2n) is 2.51. The Morgan fingerprint density at radius 3 is 2.22 bits per heavy atom. The van der Waals surface area contributed by atoms with Crippen LogP contribution < -0.4 is 0 Å². The van der Waals surface area contributed by atoms with Gasteiger partial charge in [0.05, 0.1) is 6.26 Å². The van der Waals surface area contributed by atoms with E-state index in [0.29, 0.717) is 13.3 Å². The average molecular weight is 312 g/mol. The van der Waals surface area contributed by atoms with Crippen LogP contribution in [0, 0.1) is 0 Å². The van der Waals surface area contributed by atoms with E-state index in [1.807, 2.05) is 0 Å². The Bertz CT molecular complexity index is 558. The molecule has 0 radical (unpaired) electrons. The number of alkyl halides is 3. The van der Waals surface area contributed by atoms with Gasteiger partial charge in [-0.15, -0.1) is 0 Å². The molecule has 13 heteroatoms. The van der Waals surface area contributed by atoms with Crippen molar-refractivity contribution in [1.29, 1.82) is 0 Å². The van der Waals surface area contributed by atoms with Crippen molar-refractivity contribution in [2.24, 2.45) is 3.77 Å². The number of carbonyl (C=O) groups excluding carboxylic acids is 1. The lowest BCUT2D eigenvalue weighted by molar-refractivity contribution is -0.0467. The summed E-state index contributed by atoms with van der Waals surface area (Å²) in [4.78, 5) is 10.9. The summed E-state index contributed by atoms with van der Waals surface area (Å²) >= 11 is 0. The van der Waals surface area contributed by atoms with Crippen LogP contribution in [0.15, 0.2) is 16.6 Å². The number of halogens is 3. The van der Waals surface area contributed by atoms with E-state index in [2.05, 4.69) is 11.3 Å². The summed E-state index contributed by atoms with van der Waals surface area (Å²) < 4.78 is 82.3. The maximum Gasteiger partial charge on any atom is 0.504 e. The Balaban J connectivity index is 5.59. The van der Waals surface area contributed by atoms with Gasteiger partial charge in [-0.25, -0.2) is 9.00 Å². The highest BCUT2D eigenvalue weighted by molar-refractivity contribution is 8.00. The normalized spacial score (nSPS) is 15.4. The molecule has 0 saturated heterocycles. The van der Waals surface area contributed by atoms with Gasteiger partial charge < -0.3 is 4.74 Å². The molecule has 0 saturated carbocycles. The largest absolute Gasteiger partial charge is 0.504 e. The third kappa shape index (κ3) is 3.85. The minimum Gasteiger partial charge on any atom is -0.418 e. The van der Waals surface area contributed by atoms with Crippen LogP contribution in [0.3, 0.4) is 0 Å². The molecule has 0 aromatic heterocycles. The fourth-order valence-corrected chi connectivity index (χ4v) is 2.45. The van der Waals surface area contributed by atoms with Crippen LogP contribution >= 0.6 is 0 Å². The minimum absolute atomic E-state index is 0.393. The fourth-order valence-electron chi connectivity index (χ4n) is 0.460. The maximum absolute atomic E-state index is 11.9. The molecule has 1 N–H and O–H groups in total. The van der Waals surface area contributed by atoms with Crippen LogP contribution in [0.4, 0.5) is 18.0 Å². The third-order valence-corrected chi connectivity index (χ3v) is 4.29. The Hall–Kier alpha value is -1.34. The molecule has 8 nitrogen and oxygen atoms in total. The van der Waals surface area contributed by atoms with E-state index in [9.17, 15) is 30.6 Å². The summed E-state index contributed by atoms with van der Waals surface area (Å²) in [6, 6.07) is 0. The minimum atomic E-state index is -6.04. The fraction of sp³-hybridized carbons (Fsp3) is 0.400. The van der Waals surface area contributed by atoms with Crippen molar-refractivity contribution in [3.8, 4) is 0 Å². The number of carbonyl (C=O) groups is 1. The highest BCUT2D eigenvalue weighted by Gasteiger charge is 2.45. The SMILES string of the molecule is C=COC(=O)N(C)S(=O)(=O)N=S(=O)(O)C(F)(F)F. The first-order valence-corrected chi connectivity index (χ1v) is 6.59. The van der Waals surface area contributed by atoms with E-state index >= 15 is 0 Å². The van der Waals surface area contributed by atoms with Gasteiger partial charge >= 0.3 is 21.8 Å². The average Bonchev–Trinajstić information content (AvgIpc) is 2.13. The Morgan fingerprint density at radius 1 is 1.44 bits per heavy atom. The zero-order chi connectivity index (χ0) is 14.8. The Labute approximate surface area is 100 Å². The molecule has 0 aromatic carbocycles. The number of nitrogens with zero attached hydrogens (tertiary/aromatic N) is 2. The molecule has 0 aromatic rings. The molecule has 0 aliphatic carbocycles. The molecule has 1 unspecified atom stereocenters. The second-order valence-corrected chi connectivity index (χ2v) is 6.01. The summed E-state index contributed by atoms with van der Waals surface area (Å²) in [5.41, 5.74) is -5.79. The summed E-state index contributed by atoms with van der Waals surface area (Å²) in [7, 11) is -10.9. The van der Waals surface area contributed by atoms with Crippen LogP contribution in [0.5, 0.6) is 0 Å². The van der Waals surface area contributed by atoms with E-state index in [-0.39, 0.29) is 0 Å². The van der Waals surface area contributed by atoms with E-state index < -0.39 is 36.1 Å². The molecule has 106 valence electrons. The van der Waals surface area contributed by atoms with Crippen LogP contribution in [-0.4, -0.2) is 40.1 Å². The van der Waals surface area contributed by atoms with E-state index in [0.717, 1.165) is 0 Å².